The van der Waals surface area contributed by atoms with Crippen LogP contribution in [0.15, 0.2) is 0 Å². The lowest BCUT2D eigenvalue weighted by Gasteiger charge is -2.36. The van der Waals surface area contributed by atoms with E-state index in [1.54, 1.807) is 11.8 Å². The molecule has 0 bridgehead atoms. The second-order valence-electron chi connectivity index (χ2n) is 6.45. The van der Waals surface area contributed by atoms with Gasteiger partial charge in [0.15, 0.2) is 0 Å². The molecule has 0 aromatic carbocycles. The van der Waals surface area contributed by atoms with Crippen LogP contribution in [0.3, 0.4) is 0 Å². The lowest BCUT2D eigenvalue weighted by Crippen LogP contribution is -2.55. The molecule has 0 radical (unpaired) electrons. The van der Waals surface area contributed by atoms with E-state index in [1.165, 1.54) is 0 Å². The first-order valence-electron chi connectivity index (χ1n) is 8.09. The lowest BCUT2D eigenvalue weighted by molar-refractivity contribution is -0.140. The normalized spacial score (nSPS) is 24.9. The predicted octanol–water partition coefficient (Wildman–Crippen LogP) is -0.968. The molecule has 0 aromatic heterocycles. The predicted molar refractivity (Wildman–Crippen MR) is 80.0 cm³/mol. The van der Waals surface area contributed by atoms with E-state index in [0.717, 1.165) is 25.8 Å². The average Bonchev–Trinajstić information content (AvgIpc) is 3.32. The Kier molecular flexibility index (Phi) is 4.08. The van der Waals surface area contributed by atoms with Crippen molar-refractivity contribution in [2.24, 2.45) is 0 Å². The molecule has 3 aliphatic rings. The molecular formula is C15H24N4O3. The third-order valence-electron chi connectivity index (χ3n) is 5.05. The Balaban J connectivity index is 1.57. The molecule has 3 fully saturated rings. The maximum absolute atomic E-state index is 12.5. The third-order valence-corrected chi connectivity index (χ3v) is 5.05. The van der Waals surface area contributed by atoms with Gasteiger partial charge < -0.3 is 15.1 Å². The number of rotatable bonds is 2. The summed E-state index contributed by atoms with van der Waals surface area (Å²) in [6.45, 7) is 5.74. The van der Waals surface area contributed by atoms with Gasteiger partial charge >= 0.3 is 0 Å². The maximum Gasteiger partial charge on any atom is 0.240 e. The van der Waals surface area contributed by atoms with E-state index in [2.05, 4.69) is 10.2 Å². The summed E-state index contributed by atoms with van der Waals surface area (Å²) in [6, 6.07) is 0. The first-order valence-corrected chi connectivity index (χ1v) is 8.09. The molecule has 1 saturated carbocycles. The fraction of sp³-hybridized carbons (Fsp3) is 0.800. The van der Waals surface area contributed by atoms with E-state index in [-0.39, 0.29) is 17.7 Å². The van der Waals surface area contributed by atoms with Crippen LogP contribution in [0.2, 0.25) is 0 Å². The van der Waals surface area contributed by atoms with Crippen molar-refractivity contribution >= 4 is 17.7 Å². The smallest absolute Gasteiger partial charge is 0.240 e. The second kappa shape index (κ2) is 5.87. The molecule has 2 aliphatic heterocycles. The van der Waals surface area contributed by atoms with Gasteiger partial charge in [-0.15, -0.1) is 0 Å². The van der Waals surface area contributed by atoms with Crippen LogP contribution in [0.1, 0.15) is 26.2 Å². The first-order chi connectivity index (χ1) is 10.5. The van der Waals surface area contributed by atoms with Crippen molar-refractivity contribution < 1.29 is 14.4 Å². The van der Waals surface area contributed by atoms with Crippen molar-refractivity contribution in [1.29, 1.82) is 0 Å². The summed E-state index contributed by atoms with van der Waals surface area (Å²) in [5, 5.41) is 2.95. The minimum absolute atomic E-state index is 0.0632. The van der Waals surface area contributed by atoms with Gasteiger partial charge in [0.25, 0.3) is 0 Å². The van der Waals surface area contributed by atoms with E-state index in [4.69, 9.17) is 0 Å². The maximum atomic E-state index is 12.5. The molecule has 0 unspecified atom stereocenters. The molecule has 3 amide bonds. The highest BCUT2D eigenvalue weighted by atomic mass is 16.2. The molecule has 122 valence electrons. The highest BCUT2D eigenvalue weighted by Gasteiger charge is 2.55. The highest BCUT2D eigenvalue weighted by molar-refractivity contribution is 5.90. The van der Waals surface area contributed by atoms with Crippen molar-refractivity contribution in [2.45, 2.75) is 31.7 Å². The van der Waals surface area contributed by atoms with Crippen molar-refractivity contribution in [2.75, 3.05) is 45.8 Å². The van der Waals surface area contributed by atoms with E-state index in [1.807, 2.05) is 4.90 Å². The van der Waals surface area contributed by atoms with Crippen molar-refractivity contribution in [3.63, 3.8) is 0 Å². The second-order valence-corrected chi connectivity index (χ2v) is 6.45. The van der Waals surface area contributed by atoms with Crippen LogP contribution in [0.5, 0.6) is 0 Å². The first kappa shape index (κ1) is 15.3. The number of nitrogens with one attached hydrogen (secondary N) is 1. The van der Waals surface area contributed by atoms with Crippen LogP contribution in [0.25, 0.3) is 0 Å². The summed E-state index contributed by atoms with van der Waals surface area (Å²) in [4.78, 5) is 41.7. The van der Waals surface area contributed by atoms with Gasteiger partial charge in [-0.05, 0) is 19.3 Å². The number of piperazine rings is 1. The Bertz CT molecular complexity index is 481. The van der Waals surface area contributed by atoms with Crippen LogP contribution >= 0.6 is 0 Å². The van der Waals surface area contributed by atoms with Gasteiger partial charge in [0.05, 0.1) is 6.54 Å². The van der Waals surface area contributed by atoms with Crippen LogP contribution in [-0.4, -0.2) is 83.8 Å². The number of hydrogen-bond acceptors (Lipinski definition) is 4. The number of nitrogens with zero attached hydrogens (tertiary/aromatic N) is 3. The SMILES string of the molecule is CC(=O)N1CCN(C(=O)CN2CCCNC(=O)C23CC3)CC1. The lowest BCUT2D eigenvalue weighted by atomic mass is 10.2. The quantitative estimate of drug-likeness (QED) is 0.712. The number of hydrogen-bond donors (Lipinski definition) is 1. The number of amides is 3. The minimum Gasteiger partial charge on any atom is -0.354 e. The topological polar surface area (TPSA) is 73.0 Å². The molecule has 22 heavy (non-hydrogen) atoms. The molecule has 2 saturated heterocycles. The fourth-order valence-electron chi connectivity index (χ4n) is 3.42. The number of carbonyl (C=O) groups excluding carboxylic acids is 3. The van der Waals surface area contributed by atoms with Gasteiger partial charge in [0, 0.05) is 46.2 Å². The Hall–Kier alpha value is -1.63. The number of carbonyl (C=O) groups is 3. The van der Waals surface area contributed by atoms with Crippen LogP contribution in [0.4, 0.5) is 0 Å². The average molecular weight is 308 g/mol. The molecule has 3 rings (SSSR count). The summed E-state index contributed by atoms with van der Waals surface area (Å²) in [7, 11) is 0. The van der Waals surface area contributed by atoms with E-state index in [0.29, 0.717) is 39.3 Å². The van der Waals surface area contributed by atoms with Gasteiger partial charge in [-0.3, -0.25) is 19.3 Å². The van der Waals surface area contributed by atoms with Gasteiger partial charge in [0.2, 0.25) is 17.7 Å². The largest absolute Gasteiger partial charge is 0.354 e. The third kappa shape index (κ3) is 2.82. The summed E-state index contributed by atoms with van der Waals surface area (Å²) in [5.74, 6) is 0.219. The Morgan fingerprint density at radius 3 is 2.32 bits per heavy atom. The zero-order chi connectivity index (χ0) is 15.7. The Morgan fingerprint density at radius 1 is 1.09 bits per heavy atom. The van der Waals surface area contributed by atoms with Crippen LogP contribution in [-0.2, 0) is 14.4 Å². The Labute approximate surface area is 130 Å². The molecule has 1 N–H and O–H groups in total. The molecule has 1 spiro atoms. The van der Waals surface area contributed by atoms with Gasteiger partial charge in [0.1, 0.15) is 5.54 Å². The summed E-state index contributed by atoms with van der Waals surface area (Å²) >= 11 is 0. The standard InChI is InChI=1S/C15H24N4O3/c1-12(20)17-7-9-18(10-8-17)13(21)11-19-6-2-5-16-14(22)15(19)3-4-15/h2-11H2,1H3,(H,16,22). The Morgan fingerprint density at radius 2 is 1.73 bits per heavy atom. The van der Waals surface area contributed by atoms with Gasteiger partial charge in [-0.25, -0.2) is 0 Å². The monoisotopic (exact) mass is 308 g/mol. The van der Waals surface area contributed by atoms with E-state index in [9.17, 15) is 14.4 Å². The molecule has 7 nitrogen and oxygen atoms in total. The van der Waals surface area contributed by atoms with Crippen LogP contribution < -0.4 is 5.32 Å². The molecular weight excluding hydrogens is 284 g/mol. The molecule has 7 heteroatoms. The van der Waals surface area contributed by atoms with Crippen molar-refractivity contribution in [3.8, 4) is 0 Å². The summed E-state index contributed by atoms with van der Waals surface area (Å²) < 4.78 is 0. The highest BCUT2D eigenvalue weighted by Crippen LogP contribution is 2.42. The van der Waals surface area contributed by atoms with Gasteiger partial charge in [-0.2, -0.15) is 0 Å². The minimum atomic E-state index is -0.423. The van der Waals surface area contributed by atoms with Crippen LogP contribution in [0, 0.1) is 0 Å². The summed E-state index contributed by atoms with van der Waals surface area (Å²) in [5.41, 5.74) is -0.423. The van der Waals surface area contributed by atoms with Crippen molar-refractivity contribution in [1.82, 2.24) is 20.0 Å². The molecule has 0 atom stereocenters. The zero-order valence-electron chi connectivity index (χ0n) is 13.1. The van der Waals surface area contributed by atoms with E-state index >= 15 is 0 Å². The van der Waals surface area contributed by atoms with Crippen molar-refractivity contribution in [3.05, 3.63) is 0 Å². The molecule has 0 aromatic rings. The molecule has 2 heterocycles. The van der Waals surface area contributed by atoms with Gasteiger partial charge in [-0.1, -0.05) is 0 Å². The molecule has 1 aliphatic carbocycles. The summed E-state index contributed by atoms with van der Waals surface area (Å²) in [6.07, 6.45) is 2.59. The van der Waals surface area contributed by atoms with E-state index < -0.39 is 5.54 Å². The fourth-order valence-corrected chi connectivity index (χ4v) is 3.42. The zero-order valence-corrected chi connectivity index (χ0v) is 13.1.